The van der Waals surface area contributed by atoms with Gasteiger partial charge in [-0.25, -0.2) is 0 Å². The van der Waals surface area contributed by atoms with Crippen LogP contribution in [0.1, 0.15) is 11.1 Å². The van der Waals surface area contributed by atoms with E-state index in [0.717, 1.165) is 12.8 Å². The van der Waals surface area contributed by atoms with Crippen LogP contribution in [0.15, 0.2) is 72.8 Å². The Morgan fingerprint density at radius 2 is 1.18 bits per heavy atom. The first-order valence-electron chi connectivity index (χ1n) is 7.91. The first-order chi connectivity index (χ1) is 10.9. The molecule has 0 unspecified atom stereocenters. The maximum Gasteiger partial charge on any atom is -0.00943 e. The molecule has 104 valence electrons. The molecule has 0 bridgehead atoms. The van der Waals surface area contributed by atoms with Gasteiger partial charge < -0.3 is 0 Å². The molecule has 0 heteroatoms. The molecule has 1 aliphatic carbocycles. The van der Waals surface area contributed by atoms with Gasteiger partial charge >= 0.3 is 0 Å². The summed E-state index contributed by atoms with van der Waals surface area (Å²) in [5.41, 5.74) is 2.96. The largest absolute Gasteiger partial charge is 0.0838 e. The van der Waals surface area contributed by atoms with Gasteiger partial charge in [-0.1, -0.05) is 66.7 Å². The summed E-state index contributed by atoms with van der Waals surface area (Å²) in [6.45, 7) is 0. The van der Waals surface area contributed by atoms with Gasteiger partial charge in [-0.15, -0.1) is 0 Å². The molecule has 0 nitrogen and oxygen atoms in total. The summed E-state index contributed by atoms with van der Waals surface area (Å²) < 4.78 is 0. The Kier molecular flexibility index (Phi) is 2.42. The van der Waals surface area contributed by atoms with E-state index in [2.05, 4.69) is 72.8 Å². The fourth-order valence-corrected chi connectivity index (χ4v) is 3.76. The van der Waals surface area contributed by atoms with Crippen molar-refractivity contribution in [2.24, 2.45) is 0 Å². The molecule has 4 aromatic rings. The van der Waals surface area contributed by atoms with Gasteiger partial charge in [0.15, 0.2) is 0 Å². The summed E-state index contributed by atoms with van der Waals surface area (Å²) in [4.78, 5) is 0. The van der Waals surface area contributed by atoms with Crippen LogP contribution >= 0.6 is 0 Å². The second-order valence-corrected chi connectivity index (χ2v) is 6.17. The highest BCUT2D eigenvalue weighted by atomic mass is 14.1. The van der Waals surface area contributed by atoms with Crippen molar-refractivity contribution in [1.29, 1.82) is 0 Å². The summed E-state index contributed by atoms with van der Waals surface area (Å²) in [7, 11) is 0. The van der Waals surface area contributed by atoms with Crippen molar-refractivity contribution < 1.29 is 0 Å². The zero-order valence-corrected chi connectivity index (χ0v) is 12.3. The Bertz CT molecular complexity index is 1070. The summed E-state index contributed by atoms with van der Waals surface area (Å²) in [6, 6.07) is 22.5. The predicted octanol–water partition coefficient (Wildman–Crippen LogP) is 5.80. The van der Waals surface area contributed by atoms with Crippen LogP contribution in [0.25, 0.3) is 32.3 Å². The van der Waals surface area contributed by atoms with E-state index in [1.54, 1.807) is 0 Å². The molecule has 0 saturated carbocycles. The molecule has 0 atom stereocenters. The molecular weight excluding hydrogens is 264 g/mol. The molecule has 22 heavy (non-hydrogen) atoms. The molecule has 0 spiro atoms. The van der Waals surface area contributed by atoms with Crippen molar-refractivity contribution >= 4 is 32.3 Å². The van der Waals surface area contributed by atoms with Crippen LogP contribution in [-0.2, 0) is 12.8 Å². The van der Waals surface area contributed by atoms with E-state index in [1.165, 1.54) is 43.4 Å². The van der Waals surface area contributed by atoms with Gasteiger partial charge in [0.2, 0.25) is 0 Å². The molecule has 0 heterocycles. The van der Waals surface area contributed by atoms with Crippen molar-refractivity contribution in [3.8, 4) is 0 Å². The van der Waals surface area contributed by atoms with Gasteiger partial charge in [-0.2, -0.15) is 0 Å². The Balaban J connectivity index is 1.94. The van der Waals surface area contributed by atoms with E-state index in [1.807, 2.05) is 0 Å². The molecule has 0 radical (unpaired) electrons. The average Bonchev–Trinajstić information content (AvgIpc) is 2.59. The highest BCUT2D eigenvalue weighted by molar-refractivity contribution is 6.17. The van der Waals surface area contributed by atoms with E-state index >= 15 is 0 Å². The Hall–Kier alpha value is -2.60. The number of allylic oxidation sites excluding steroid dienone is 2. The van der Waals surface area contributed by atoms with Crippen LogP contribution in [0.3, 0.4) is 0 Å². The third kappa shape index (κ3) is 1.64. The number of benzene rings is 4. The van der Waals surface area contributed by atoms with Crippen molar-refractivity contribution in [3.63, 3.8) is 0 Å². The summed E-state index contributed by atoms with van der Waals surface area (Å²) in [5, 5.41) is 8.13. The van der Waals surface area contributed by atoms with E-state index in [-0.39, 0.29) is 0 Å². The average molecular weight is 280 g/mol. The summed E-state index contributed by atoms with van der Waals surface area (Å²) in [5.74, 6) is 0. The molecule has 0 amide bonds. The van der Waals surface area contributed by atoms with E-state index < -0.39 is 0 Å². The standard InChI is InChI=1S/C22H16/c1-2-7-17-14-22-18(13-16(17)6-1)10-12-20-19-8-4-3-5-15(19)9-11-21(20)22/h1-5,8-14H,6-7H2. The van der Waals surface area contributed by atoms with E-state index in [9.17, 15) is 0 Å². The molecule has 0 aromatic heterocycles. The molecule has 0 aliphatic heterocycles. The molecule has 5 rings (SSSR count). The number of rotatable bonds is 0. The monoisotopic (exact) mass is 280 g/mol. The first kappa shape index (κ1) is 12.0. The fraction of sp³-hybridized carbons (Fsp3) is 0.0909. The SMILES string of the molecule is C1=CCc2cc3c(ccc4c5ccccc5ccc34)cc2C1. The Morgan fingerprint density at radius 1 is 0.500 bits per heavy atom. The lowest BCUT2D eigenvalue weighted by molar-refractivity contribution is 1.10. The van der Waals surface area contributed by atoms with Crippen LogP contribution in [0.5, 0.6) is 0 Å². The molecule has 1 aliphatic rings. The zero-order valence-electron chi connectivity index (χ0n) is 12.3. The van der Waals surface area contributed by atoms with Crippen molar-refractivity contribution in [2.45, 2.75) is 12.8 Å². The Morgan fingerprint density at radius 3 is 2.05 bits per heavy atom. The van der Waals surface area contributed by atoms with Gasteiger partial charge in [0.05, 0.1) is 0 Å². The Labute approximate surface area is 129 Å². The fourth-order valence-electron chi connectivity index (χ4n) is 3.76. The molecule has 4 aromatic carbocycles. The van der Waals surface area contributed by atoms with Crippen LogP contribution < -0.4 is 0 Å². The number of fused-ring (bicyclic) bond motifs is 6. The number of hydrogen-bond donors (Lipinski definition) is 0. The van der Waals surface area contributed by atoms with Crippen molar-refractivity contribution in [1.82, 2.24) is 0 Å². The van der Waals surface area contributed by atoms with Crippen molar-refractivity contribution in [3.05, 3.63) is 83.9 Å². The van der Waals surface area contributed by atoms with E-state index in [0.29, 0.717) is 0 Å². The zero-order chi connectivity index (χ0) is 14.5. The molecule has 0 saturated heterocycles. The lowest BCUT2D eigenvalue weighted by atomic mass is 9.90. The highest BCUT2D eigenvalue weighted by Gasteiger charge is 2.09. The normalized spacial score (nSPS) is 13.8. The molecule has 0 N–H and O–H groups in total. The summed E-state index contributed by atoms with van der Waals surface area (Å²) in [6.07, 6.45) is 6.70. The van der Waals surface area contributed by atoms with Crippen molar-refractivity contribution in [2.75, 3.05) is 0 Å². The maximum atomic E-state index is 2.41. The van der Waals surface area contributed by atoms with Gasteiger partial charge in [-0.05, 0) is 62.4 Å². The van der Waals surface area contributed by atoms with Gasteiger partial charge in [0, 0.05) is 0 Å². The minimum atomic E-state index is 1.06. The van der Waals surface area contributed by atoms with Crippen LogP contribution in [0.2, 0.25) is 0 Å². The first-order valence-corrected chi connectivity index (χ1v) is 7.91. The molecule has 0 fully saturated rings. The quantitative estimate of drug-likeness (QED) is 0.282. The second kappa shape index (κ2) is 4.45. The van der Waals surface area contributed by atoms with Crippen LogP contribution in [0, 0.1) is 0 Å². The minimum absolute atomic E-state index is 1.06. The third-order valence-electron chi connectivity index (χ3n) is 4.90. The lowest BCUT2D eigenvalue weighted by Crippen LogP contribution is -1.97. The van der Waals surface area contributed by atoms with Gasteiger partial charge in [0.25, 0.3) is 0 Å². The lowest BCUT2D eigenvalue weighted by Gasteiger charge is -2.14. The predicted molar refractivity (Wildman–Crippen MR) is 95.5 cm³/mol. The van der Waals surface area contributed by atoms with Crippen LogP contribution in [0.4, 0.5) is 0 Å². The van der Waals surface area contributed by atoms with E-state index in [4.69, 9.17) is 0 Å². The third-order valence-corrected chi connectivity index (χ3v) is 4.90. The maximum absolute atomic E-state index is 2.41. The second-order valence-electron chi connectivity index (χ2n) is 6.17. The van der Waals surface area contributed by atoms with Gasteiger partial charge in [0.1, 0.15) is 0 Å². The summed E-state index contributed by atoms with van der Waals surface area (Å²) >= 11 is 0. The van der Waals surface area contributed by atoms with Gasteiger partial charge in [-0.3, -0.25) is 0 Å². The smallest absolute Gasteiger partial charge is 0.00943 e. The topological polar surface area (TPSA) is 0 Å². The van der Waals surface area contributed by atoms with Crippen LogP contribution in [-0.4, -0.2) is 0 Å². The minimum Gasteiger partial charge on any atom is -0.0838 e. The highest BCUT2D eigenvalue weighted by Crippen LogP contribution is 2.33. The number of hydrogen-bond acceptors (Lipinski definition) is 0. The molecular formula is C22H16.